The second kappa shape index (κ2) is 8.79. The molecular weight excluding hydrogens is 388 g/mol. The highest BCUT2D eigenvalue weighted by Crippen LogP contribution is 2.24. The summed E-state index contributed by atoms with van der Waals surface area (Å²) in [4.78, 5) is 12.7. The first kappa shape index (κ1) is 20.4. The molecule has 0 radical (unpaired) electrons. The highest BCUT2D eigenvalue weighted by Gasteiger charge is 2.29. The smallest absolute Gasteiger partial charge is 0.247 e. The molecular formula is C22H22N2O4S. The molecule has 29 heavy (non-hydrogen) atoms. The van der Waals surface area contributed by atoms with Crippen molar-refractivity contribution >= 4 is 27.3 Å². The van der Waals surface area contributed by atoms with Crippen LogP contribution in [0.1, 0.15) is 6.92 Å². The molecule has 0 aliphatic carbocycles. The lowest BCUT2D eigenvalue weighted by Crippen LogP contribution is -2.45. The topological polar surface area (TPSA) is 75.7 Å². The first-order valence-electron chi connectivity index (χ1n) is 9.03. The Morgan fingerprint density at radius 1 is 0.862 bits per heavy atom. The van der Waals surface area contributed by atoms with Gasteiger partial charge in [0, 0.05) is 5.69 Å². The second-order valence-corrected chi connectivity index (χ2v) is 8.36. The van der Waals surface area contributed by atoms with Gasteiger partial charge in [0.1, 0.15) is 17.5 Å². The molecule has 3 aromatic rings. The van der Waals surface area contributed by atoms with E-state index in [0.29, 0.717) is 22.9 Å². The summed E-state index contributed by atoms with van der Waals surface area (Å²) in [7, 11) is -3.64. The number of para-hydroxylation sites is 2. The maximum absolute atomic E-state index is 12.7. The zero-order chi connectivity index (χ0) is 20.9. The monoisotopic (exact) mass is 410 g/mol. The summed E-state index contributed by atoms with van der Waals surface area (Å²) < 4.78 is 31.4. The first-order valence-corrected chi connectivity index (χ1v) is 10.9. The lowest BCUT2D eigenvalue weighted by atomic mass is 10.2. The molecule has 0 saturated heterocycles. The van der Waals surface area contributed by atoms with E-state index in [2.05, 4.69) is 5.32 Å². The van der Waals surface area contributed by atoms with Crippen molar-refractivity contribution in [2.75, 3.05) is 15.9 Å². The molecule has 1 N–H and O–H groups in total. The van der Waals surface area contributed by atoms with Crippen molar-refractivity contribution in [3.63, 3.8) is 0 Å². The van der Waals surface area contributed by atoms with Crippen LogP contribution < -0.4 is 14.4 Å². The minimum absolute atomic E-state index is 0.434. The minimum atomic E-state index is -3.64. The highest BCUT2D eigenvalue weighted by molar-refractivity contribution is 7.92. The zero-order valence-electron chi connectivity index (χ0n) is 16.1. The third-order valence-electron chi connectivity index (χ3n) is 4.20. The molecule has 7 heteroatoms. The standard InChI is InChI=1S/C22H22N2O4S/c1-17(24(29(2,26)27)19-9-5-3-6-10-19)22(25)23-18-13-15-21(16-14-18)28-20-11-7-4-8-12-20/h3-17H,1-2H3,(H,23,25)/t17-/m1/s1. The van der Waals surface area contributed by atoms with Crippen molar-refractivity contribution in [3.05, 3.63) is 84.9 Å². The molecule has 0 saturated carbocycles. The molecule has 6 nitrogen and oxygen atoms in total. The Morgan fingerprint density at radius 3 is 1.93 bits per heavy atom. The van der Waals surface area contributed by atoms with E-state index >= 15 is 0 Å². The largest absolute Gasteiger partial charge is 0.457 e. The Balaban J connectivity index is 1.71. The van der Waals surface area contributed by atoms with Crippen LogP contribution in [0.4, 0.5) is 11.4 Å². The van der Waals surface area contributed by atoms with Crippen molar-refractivity contribution in [1.29, 1.82) is 0 Å². The Labute approximate surface area is 170 Å². The van der Waals surface area contributed by atoms with Crippen LogP contribution in [0.2, 0.25) is 0 Å². The van der Waals surface area contributed by atoms with E-state index in [9.17, 15) is 13.2 Å². The number of benzene rings is 3. The summed E-state index contributed by atoms with van der Waals surface area (Å²) in [5.74, 6) is 0.907. The second-order valence-electron chi connectivity index (χ2n) is 6.50. The van der Waals surface area contributed by atoms with Gasteiger partial charge in [-0.1, -0.05) is 36.4 Å². The van der Waals surface area contributed by atoms with Crippen molar-refractivity contribution in [2.45, 2.75) is 13.0 Å². The number of carbonyl (C=O) groups excluding carboxylic acids is 1. The maximum Gasteiger partial charge on any atom is 0.247 e. The number of rotatable bonds is 7. The molecule has 150 valence electrons. The average Bonchev–Trinajstić information content (AvgIpc) is 2.70. The number of ether oxygens (including phenoxy) is 1. The van der Waals surface area contributed by atoms with E-state index in [1.807, 2.05) is 30.3 Å². The van der Waals surface area contributed by atoms with Crippen LogP contribution in [0.25, 0.3) is 0 Å². The van der Waals surface area contributed by atoms with E-state index in [4.69, 9.17) is 4.74 Å². The number of nitrogens with zero attached hydrogens (tertiary/aromatic N) is 1. The molecule has 0 aliphatic heterocycles. The predicted molar refractivity (Wildman–Crippen MR) is 115 cm³/mol. The summed E-state index contributed by atoms with van der Waals surface area (Å²) in [6, 6.07) is 23.9. The van der Waals surface area contributed by atoms with Gasteiger partial charge in [-0.25, -0.2) is 8.42 Å². The molecule has 3 rings (SSSR count). The predicted octanol–water partition coefficient (Wildman–Crippen LogP) is 4.27. The van der Waals surface area contributed by atoms with Crippen LogP contribution in [0, 0.1) is 0 Å². The first-order chi connectivity index (χ1) is 13.8. The summed E-state index contributed by atoms with van der Waals surface area (Å²) in [5.41, 5.74) is 0.980. The van der Waals surface area contributed by atoms with Gasteiger partial charge in [-0.2, -0.15) is 0 Å². The Hall–Kier alpha value is -3.32. The van der Waals surface area contributed by atoms with E-state index in [0.717, 1.165) is 10.6 Å². The van der Waals surface area contributed by atoms with Gasteiger partial charge < -0.3 is 10.1 Å². The summed E-state index contributed by atoms with van der Waals surface area (Å²) in [6.45, 7) is 1.55. The molecule has 3 aromatic carbocycles. The fraction of sp³-hybridized carbons (Fsp3) is 0.136. The molecule has 0 aliphatic rings. The molecule has 0 fully saturated rings. The third-order valence-corrected chi connectivity index (χ3v) is 5.44. The number of amides is 1. The van der Waals surface area contributed by atoms with E-state index in [1.165, 1.54) is 0 Å². The van der Waals surface area contributed by atoms with E-state index < -0.39 is 22.0 Å². The number of sulfonamides is 1. The number of anilines is 2. The van der Waals surface area contributed by atoms with Crippen molar-refractivity contribution in [1.82, 2.24) is 0 Å². The summed E-state index contributed by atoms with van der Waals surface area (Å²) in [6.07, 6.45) is 1.08. The van der Waals surface area contributed by atoms with Crippen LogP contribution in [-0.2, 0) is 14.8 Å². The third kappa shape index (κ3) is 5.36. The Kier molecular flexibility index (Phi) is 6.19. The van der Waals surface area contributed by atoms with Gasteiger partial charge in [-0.05, 0) is 55.5 Å². The lowest BCUT2D eigenvalue weighted by Gasteiger charge is -2.28. The van der Waals surface area contributed by atoms with E-state index in [1.54, 1.807) is 61.5 Å². The number of nitrogens with one attached hydrogen (secondary N) is 1. The average molecular weight is 410 g/mol. The minimum Gasteiger partial charge on any atom is -0.457 e. The fourth-order valence-electron chi connectivity index (χ4n) is 2.86. The van der Waals surface area contributed by atoms with Gasteiger partial charge in [-0.15, -0.1) is 0 Å². The highest BCUT2D eigenvalue weighted by atomic mass is 32.2. The maximum atomic E-state index is 12.7. The van der Waals surface area contributed by atoms with Gasteiger partial charge in [0.2, 0.25) is 15.9 Å². The quantitative estimate of drug-likeness (QED) is 0.631. The fourth-order valence-corrected chi connectivity index (χ4v) is 4.04. The number of hydrogen-bond acceptors (Lipinski definition) is 4. The molecule has 0 bridgehead atoms. The summed E-state index contributed by atoms with van der Waals surface area (Å²) >= 11 is 0. The van der Waals surface area contributed by atoms with Crippen molar-refractivity contribution < 1.29 is 17.9 Å². The number of hydrogen-bond donors (Lipinski definition) is 1. The molecule has 1 amide bonds. The number of carbonyl (C=O) groups is 1. The Bertz CT molecular complexity index is 1050. The van der Waals surface area contributed by atoms with Gasteiger partial charge >= 0.3 is 0 Å². The molecule has 0 aromatic heterocycles. The van der Waals surface area contributed by atoms with Crippen LogP contribution >= 0.6 is 0 Å². The Morgan fingerprint density at radius 2 is 1.38 bits per heavy atom. The SMILES string of the molecule is C[C@H](C(=O)Nc1ccc(Oc2ccccc2)cc1)N(c1ccccc1)S(C)(=O)=O. The van der Waals surface area contributed by atoms with Gasteiger partial charge in [0.05, 0.1) is 11.9 Å². The van der Waals surface area contributed by atoms with Crippen LogP contribution in [0.3, 0.4) is 0 Å². The zero-order valence-corrected chi connectivity index (χ0v) is 17.0. The van der Waals surface area contributed by atoms with Crippen molar-refractivity contribution in [2.24, 2.45) is 0 Å². The molecule has 0 spiro atoms. The van der Waals surface area contributed by atoms with Gasteiger partial charge in [0.25, 0.3) is 0 Å². The van der Waals surface area contributed by atoms with Crippen molar-refractivity contribution in [3.8, 4) is 11.5 Å². The summed E-state index contributed by atoms with van der Waals surface area (Å²) in [5, 5.41) is 2.75. The van der Waals surface area contributed by atoms with E-state index in [-0.39, 0.29) is 0 Å². The molecule has 1 atom stereocenters. The van der Waals surface area contributed by atoms with Gasteiger partial charge in [0.15, 0.2) is 0 Å². The molecule has 0 unspecified atom stereocenters. The lowest BCUT2D eigenvalue weighted by molar-refractivity contribution is -0.116. The van der Waals surface area contributed by atoms with Crippen LogP contribution in [0.15, 0.2) is 84.9 Å². The van der Waals surface area contributed by atoms with Crippen LogP contribution in [0.5, 0.6) is 11.5 Å². The van der Waals surface area contributed by atoms with Gasteiger partial charge in [-0.3, -0.25) is 9.10 Å². The normalized spacial score (nSPS) is 12.1. The molecule has 0 heterocycles. The van der Waals surface area contributed by atoms with Crippen LogP contribution in [-0.4, -0.2) is 26.6 Å².